The van der Waals surface area contributed by atoms with Crippen LogP contribution in [-0.2, 0) is 11.2 Å². The molecule has 0 bridgehead atoms. The number of aromatic nitrogens is 1. The maximum Gasteiger partial charge on any atom is 0.244 e. The second kappa shape index (κ2) is 7.72. The Morgan fingerprint density at radius 3 is 3.07 bits per heavy atom. The van der Waals surface area contributed by atoms with Gasteiger partial charge in [0.15, 0.2) is 0 Å². The lowest BCUT2D eigenvalue weighted by atomic mass is 10.0. The molecule has 27 heavy (non-hydrogen) atoms. The molecule has 0 fully saturated rings. The standard InChI is InChI=1S/C21H17FN2O2S/c22-16-9-15-10-17(13-24-20(25)6-5-18-4-2-8-27-18)26-21(15)19(11-16)14-3-1-7-23-12-14/h1-9,11-12,17H,10,13H2,(H,24,25)/b6-5+. The highest BCUT2D eigenvalue weighted by Gasteiger charge is 2.27. The van der Waals surface area contributed by atoms with Crippen LogP contribution in [0.2, 0.25) is 0 Å². The average Bonchev–Trinajstić information content (AvgIpc) is 3.34. The number of hydrogen-bond acceptors (Lipinski definition) is 4. The van der Waals surface area contributed by atoms with Crippen LogP contribution in [-0.4, -0.2) is 23.5 Å². The summed E-state index contributed by atoms with van der Waals surface area (Å²) in [6.07, 6.45) is 6.97. The Labute approximate surface area is 160 Å². The van der Waals surface area contributed by atoms with Gasteiger partial charge in [-0.3, -0.25) is 9.78 Å². The van der Waals surface area contributed by atoms with Crippen LogP contribution in [0.15, 0.2) is 60.2 Å². The van der Waals surface area contributed by atoms with Crippen molar-refractivity contribution in [2.75, 3.05) is 6.54 Å². The number of carbonyl (C=O) groups is 1. The smallest absolute Gasteiger partial charge is 0.244 e. The fourth-order valence-corrected chi connectivity index (χ4v) is 3.68. The van der Waals surface area contributed by atoms with Gasteiger partial charge in [-0.1, -0.05) is 12.1 Å². The van der Waals surface area contributed by atoms with E-state index in [2.05, 4.69) is 10.3 Å². The van der Waals surface area contributed by atoms with Crippen LogP contribution in [0.5, 0.6) is 5.75 Å². The first-order valence-electron chi connectivity index (χ1n) is 8.58. The molecule has 0 saturated heterocycles. The number of fused-ring (bicyclic) bond motifs is 1. The van der Waals surface area contributed by atoms with Crippen molar-refractivity contribution in [2.24, 2.45) is 0 Å². The van der Waals surface area contributed by atoms with Crippen LogP contribution in [0.25, 0.3) is 17.2 Å². The zero-order chi connectivity index (χ0) is 18.6. The molecule has 0 saturated carbocycles. The molecule has 1 atom stereocenters. The molecule has 1 N–H and O–H groups in total. The minimum Gasteiger partial charge on any atom is -0.487 e. The maximum atomic E-state index is 14.0. The summed E-state index contributed by atoms with van der Waals surface area (Å²) in [5, 5.41) is 4.80. The minimum absolute atomic E-state index is 0.179. The first-order chi connectivity index (χ1) is 13.2. The third-order valence-electron chi connectivity index (χ3n) is 4.28. The highest BCUT2D eigenvalue weighted by atomic mass is 32.1. The van der Waals surface area contributed by atoms with E-state index >= 15 is 0 Å². The number of hydrogen-bond donors (Lipinski definition) is 1. The van der Waals surface area contributed by atoms with Crippen molar-refractivity contribution < 1.29 is 13.9 Å². The van der Waals surface area contributed by atoms with Crippen LogP contribution >= 0.6 is 11.3 Å². The van der Waals surface area contributed by atoms with Gasteiger partial charge in [-0.15, -0.1) is 11.3 Å². The molecule has 3 aromatic rings. The van der Waals surface area contributed by atoms with Gasteiger partial charge in [0, 0.05) is 46.5 Å². The van der Waals surface area contributed by atoms with Crippen LogP contribution in [0, 0.1) is 5.82 Å². The molecule has 4 rings (SSSR count). The van der Waals surface area contributed by atoms with Gasteiger partial charge in [0.05, 0.1) is 6.54 Å². The van der Waals surface area contributed by atoms with Crippen molar-refractivity contribution in [3.8, 4) is 16.9 Å². The summed E-state index contributed by atoms with van der Waals surface area (Å²) in [4.78, 5) is 17.1. The van der Waals surface area contributed by atoms with Gasteiger partial charge < -0.3 is 10.1 Å². The third-order valence-corrected chi connectivity index (χ3v) is 5.12. The summed E-state index contributed by atoms with van der Waals surface area (Å²) in [5.41, 5.74) is 2.29. The lowest BCUT2D eigenvalue weighted by Crippen LogP contribution is -2.33. The number of benzene rings is 1. The molecule has 1 aromatic carbocycles. The van der Waals surface area contributed by atoms with E-state index in [1.54, 1.807) is 35.9 Å². The molecule has 1 amide bonds. The van der Waals surface area contributed by atoms with Crippen molar-refractivity contribution in [1.29, 1.82) is 0 Å². The highest BCUT2D eigenvalue weighted by molar-refractivity contribution is 7.10. The van der Waals surface area contributed by atoms with E-state index in [0.29, 0.717) is 24.3 Å². The predicted molar refractivity (Wildman–Crippen MR) is 104 cm³/mol. The quantitative estimate of drug-likeness (QED) is 0.679. The first kappa shape index (κ1) is 17.4. The van der Waals surface area contributed by atoms with Crippen molar-refractivity contribution in [3.05, 3.63) is 76.5 Å². The molecular weight excluding hydrogens is 363 g/mol. The molecule has 4 nitrogen and oxygen atoms in total. The summed E-state index contributed by atoms with van der Waals surface area (Å²) in [6, 6.07) is 10.5. The Morgan fingerprint density at radius 2 is 2.30 bits per heavy atom. The summed E-state index contributed by atoms with van der Waals surface area (Å²) in [5.74, 6) is 0.180. The average molecular weight is 380 g/mol. The zero-order valence-corrected chi connectivity index (χ0v) is 15.2. The lowest BCUT2D eigenvalue weighted by Gasteiger charge is -2.13. The van der Waals surface area contributed by atoms with E-state index in [9.17, 15) is 9.18 Å². The Morgan fingerprint density at radius 1 is 1.37 bits per heavy atom. The van der Waals surface area contributed by atoms with Gasteiger partial charge in [0.1, 0.15) is 17.7 Å². The van der Waals surface area contributed by atoms with Crippen LogP contribution in [0.4, 0.5) is 4.39 Å². The fourth-order valence-electron chi connectivity index (χ4n) is 3.06. The Bertz CT molecular complexity index is 971. The van der Waals surface area contributed by atoms with Gasteiger partial charge in [0.2, 0.25) is 5.91 Å². The third kappa shape index (κ3) is 4.06. The molecule has 1 aliphatic rings. The Hall–Kier alpha value is -2.99. The van der Waals surface area contributed by atoms with Gasteiger partial charge in [-0.2, -0.15) is 0 Å². The number of amides is 1. The van der Waals surface area contributed by atoms with Gasteiger partial charge in [-0.05, 0) is 35.7 Å². The number of pyridine rings is 1. The second-order valence-corrected chi connectivity index (χ2v) is 7.20. The van der Waals surface area contributed by atoms with Crippen molar-refractivity contribution in [2.45, 2.75) is 12.5 Å². The van der Waals surface area contributed by atoms with E-state index in [-0.39, 0.29) is 17.8 Å². The summed E-state index contributed by atoms with van der Waals surface area (Å²) >= 11 is 1.57. The molecule has 1 unspecified atom stereocenters. The second-order valence-electron chi connectivity index (χ2n) is 6.22. The van der Waals surface area contributed by atoms with Crippen LogP contribution in [0.3, 0.4) is 0 Å². The lowest BCUT2D eigenvalue weighted by molar-refractivity contribution is -0.116. The number of ether oxygens (including phenoxy) is 1. The first-order valence-corrected chi connectivity index (χ1v) is 9.46. The maximum absolute atomic E-state index is 14.0. The van der Waals surface area contributed by atoms with E-state index in [1.807, 2.05) is 23.6 Å². The molecule has 3 heterocycles. The number of nitrogens with one attached hydrogen (secondary N) is 1. The molecule has 2 aromatic heterocycles. The van der Waals surface area contributed by atoms with Crippen molar-refractivity contribution in [3.63, 3.8) is 0 Å². The predicted octanol–water partition coefficient (Wildman–Crippen LogP) is 4.08. The monoisotopic (exact) mass is 380 g/mol. The summed E-state index contributed by atoms with van der Waals surface area (Å²) in [7, 11) is 0. The topological polar surface area (TPSA) is 51.2 Å². The molecule has 0 radical (unpaired) electrons. The molecule has 136 valence electrons. The van der Waals surface area contributed by atoms with E-state index < -0.39 is 0 Å². The summed E-state index contributed by atoms with van der Waals surface area (Å²) in [6.45, 7) is 0.358. The van der Waals surface area contributed by atoms with Crippen LogP contribution < -0.4 is 10.1 Å². The number of thiophene rings is 1. The molecule has 0 aliphatic carbocycles. The molecule has 1 aliphatic heterocycles. The zero-order valence-electron chi connectivity index (χ0n) is 14.4. The van der Waals surface area contributed by atoms with Gasteiger partial charge in [0.25, 0.3) is 0 Å². The Kier molecular flexibility index (Phi) is 4.98. The van der Waals surface area contributed by atoms with Gasteiger partial charge >= 0.3 is 0 Å². The van der Waals surface area contributed by atoms with Crippen molar-refractivity contribution in [1.82, 2.24) is 10.3 Å². The number of carbonyl (C=O) groups excluding carboxylic acids is 1. The SMILES string of the molecule is O=C(/C=C/c1cccs1)NCC1Cc2cc(F)cc(-c3cccnc3)c2O1. The fraction of sp³-hybridized carbons (Fsp3) is 0.143. The number of halogens is 1. The van der Waals surface area contributed by atoms with Crippen molar-refractivity contribution >= 4 is 23.3 Å². The number of nitrogens with zero attached hydrogens (tertiary/aromatic N) is 1. The normalized spacial score (nSPS) is 15.5. The Balaban J connectivity index is 1.43. The van der Waals surface area contributed by atoms with E-state index in [4.69, 9.17) is 4.74 Å². The number of rotatable bonds is 5. The molecule has 0 spiro atoms. The molecular formula is C21H17FN2O2S. The van der Waals surface area contributed by atoms with E-state index in [0.717, 1.165) is 16.0 Å². The molecule has 6 heteroatoms. The minimum atomic E-state index is -0.306. The van der Waals surface area contributed by atoms with Gasteiger partial charge in [-0.25, -0.2) is 4.39 Å². The largest absolute Gasteiger partial charge is 0.487 e. The van der Waals surface area contributed by atoms with E-state index in [1.165, 1.54) is 18.2 Å². The van der Waals surface area contributed by atoms with Crippen LogP contribution in [0.1, 0.15) is 10.4 Å². The highest BCUT2D eigenvalue weighted by Crippen LogP contribution is 2.39. The summed E-state index contributed by atoms with van der Waals surface area (Å²) < 4.78 is 20.0.